The summed E-state index contributed by atoms with van der Waals surface area (Å²) in [5.41, 5.74) is -0.155. The van der Waals surface area contributed by atoms with Crippen LogP contribution >= 0.6 is 0 Å². The first-order chi connectivity index (χ1) is 11.8. The van der Waals surface area contributed by atoms with Crippen molar-refractivity contribution < 1.29 is 33.0 Å². The zero-order chi connectivity index (χ0) is 19.0. The maximum absolute atomic E-state index is 13.6. The number of benzene rings is 1. The third-order valence-corrected chi connectivity index (χ3v) is 2.93. The van der Waals surface area contributed by atoms with Crippen molar-refractivity contribution in [3.05, 3.63) is 24.0 Å². The molecule has 136 valence electrons. The van der Waals surface area contributed by atoms with Crippen molar-refractivity contribution >= 4 is 35.3 Å². The number of methoxy groups -OCH3 is 2. The maximum atomic E-state index is 13.6. The minimum Gasteiger partial charge on any atom is -0.469 e. The predicted molar refractivity (Wildman–Crippen MR) is 85.3 cm³/mol. The van der Waals surface area contributed by atoms with E-state index in [1.54, 1.807) is 0 Å². The number of hydrogen-bond donors (Lipinski definition) is 3. The molecule has 10 heteroatoms. The number of amides is 3. The van der Waals surface area contributed by atoms with Gasteiger partial charge < -0.3 is 20.1 Å². The second-order valence-electron chi connectivity index (χ2n) is 4.92. The summed E-state index contributed by atoms with van der Waals surface area (Å²) in [5, 5.41) is 6.69. The number of anilines is 2. The van der Waals surface area contributed by atoms with Crippen LogP contribution in [0.1, 0.15) is 13.3 Å². The van der Waals surface area contributed by atoms with Gasteiger partial charge in [0.1, 0.15) is 5.82 Å². The maximum Gasteiger partial charge on any atom is 0.411 e. The van der Waals surface area contributed by atoms with E-state index in [1.165, 1.54) is 20.1 Å². The molecule has 0 saturated carbocycles. The van der Waals surface area contributed by atoms with Gasteiger partial charge in [-0.15, -0.1) is 0 Å². The molecule has 3 N–H and O–H groups in total. The minimum absolute atomic E-state index is 0.0774. The highest BCUT2D eigenvalue weighted by Crippen LogP contribution is 2.19. The van der Waals surface area contributed by atoms with Crippen molar-refractivity contribution in [3.63, 3.8) is 0 Å². The van der Waals surface area contributed by atoms with Crippen LogP contribution in [0, 0.1) is 5.82 Å². The van der Waals surface area contributed by atoms with Crippen molar-refractivity contribution in [2.75, 3.05) is 24.9 Å². The van der Waals surface area contributed by atoms with Gasteiger partial charge in [-0.25, -0.2) is 9.18 Å². The Labute approximate surface area is 142 Å². The van der Waals surface area contributed by atoms with E-state index >= 15 is 0 Å². The Hall–Kier alpha value is -3.17. The van der Waals surface area contributed by atoms with E-state index in [9.17, 15) is 23.6 Å². The number of carbonyl (C=O) groups excluding carboxylic acids is 4. The minimum atomic E-state index is -1.02. The summed E-state index contributed by atoms with van der Waals surface area (Å²) in [6.07, 6.45) is -0.990. The van der Waals surface area contributed by atoms with Gasteiger partial charge in [0, 0.05) is 11.7 Å². The zero-order valence-electron chi connectivity index (χ0n) is 13.8. The molecule has 3 amide bonds. The van der Waals surface area contributed by atoms with E-state index in [-0.39, 0.29) is 17.8 Å². The Morgan fingerprint density at radius 2 is 1.76 bits per heavy atom. The van der Waals surface area contributed by atoms with Crippen molar-refractivity contribution in [2.24, 2.45) is 0 Å². The van der Waals surface area contributed by atoms with Crippen molar-refractivity contribution in [1.82, 2.24) is 5.32 Å². The summed E-state index contributed by atoms with van der Waals surface area (Å²) >= 11 is 0. The van der Waals surface area contributed by atoms with Gasteiger partial charge in [0.25, 0.3) is 0 Å². The molecule has 0 aromatic heterocycles. The van der Waals surface area contributed by atoms with Gasteiger partial charge in [0.05, 0.1) is 26.3 Å². The predicted octanol–water partition coefficient (Wildman–Crippen LogP) is 1.01. The summed E-state index contributed by atoms with van der Waals surface area (Å²) < 4.78 is 22.4. The molecule has 1 rings (SSSR count). The van der Waals surface area contributed by atoms with Gasteiger partial charge in [0.2, 0.25) is 0 Å². The number of ether oxygens (including phenoxy) is 2. The summed E-state index contributed by atoms with van der Waals surface area (Å²) in [5.74, 6) is -3.29. The number of halogens is 1. The lowest BCUT2D eigenvalue weighted by Gasteiger charge is -2.13. The van der Waals surface area contributed by atoms with Crippen molar-refractivity contribution in [3.8, 4) is 0 Å². The first-order valence-corrected chi connectivity index (χ1v) is 7.10. The topological polar surface area (TPSA) is 123 Å². The van der Waals surface area contributed by atoms with Crippen LogP contribution in [-0.4, -0.2) is 44.1 Å². The lowest BCUT2D eigenvalue weighted by atomic mass is 10.2. The van der Waals surface area contributed by atoms with Crippen LogP contribution in [-0.2, 0) is 23.9 Å². The van der Waals surface area contributed by atoms with E-state index in [4.69, 9.17) is 0 Å². The van der Waals surface area contributed by atoms with Gasteiger partial charge in [0.15, 0.2) is 0 Å². The molecule has 9 nitrogen and oxygen atoms in total. The summed E-state index contributed by atoms with van der Waals surface area (Å²) in [7, 11) is 2.32. The fraction of sp³-hybridized carbons (Fsp3) is 0.333. The van der Waals surface area contributed by atoms with Gasteiger partial charge in [-0.05, 0) is 25.1 Å². The SMILES string of the molecule is COC(=O)C[C@@H](C)NC(=O)C(=O)Nc1ccc(F)c(NC(=O)OC)c1. The van der Waals surface area contributed by atoms with Gasteiger partial charge in [-0.2, -0.15) is 0 Å². The summed E-state index contributed by atoms with van der Waals surface area (Å²) in [4.78, 5) is 45.8. The largest absolute Gasteiger partial charge is 0.469 e. The molecule has 0 radical (unpaired) electrons. The highest BCUT2D eigenvalue weighted by Gasteiger charge is 2.19. The zero-order valence-corrected chi connectivity index (χ0v) is 13.8. The molecular weight excluding hydrogens is 337 g/mol. The van der Waals surface area contributed by atoms with E-state index in [2.05, 4.69) is 25.4 Å². The Kier molecular flexibility index (Phi) is 7.32. The Bertz CT molecular complexity index is 679. The van der Waals surface area contributed by atoms with Crippen molar-refractivity contribution in [2.45, 2.75) is 19.4 Å². The Morgan fingerprint density at radius 1 is 1.08 bits per heavy atom. The molecule has 0 aliphatic carbocycles. The van der Waals surface area contributed by atoms with E-state index in [0.29, 0.717) is 0 Å². The highest BCUT2D eigenvalue weighted by molar-refractivity contribution is 6.39. The molecule has 0 aliphatic heterocycles. The molecule has 1 aromatic rings. The number of carbonyl (C=O) groups is 4. The van der Waals surface area contributed by atoms with Crippen LogP contribution < -0.4 is 16.0 Å². The molecule has 1 atom stereocenters. The third-order valence-electron chi connectivity index (χ3n) is 2.93. The number of rotatable bonds is 5. The van der Waals surface area contributed by atoms with Crippen LogP contribution in [0.3, 0.4) is 0 Å². The molecule has 0 spiro atoms. The highest BCUT2D eigenvalue weighted by atomic mass is 19.1. The fourth-order valence-electron chi connectivity index (χ4n) is 1.72. The molecular formula is C15H18FN3O6. The lowest BCUT2D eigenvalue weighted by molar-refractivity contribution is -0.142. The molecule has 1 aromatic carbocycles. The molecule has 0 aliphatic rings. The third kappa shape index (κ3) is 6.45. The average molecular weight is 355 g/mol. The van der Waals surface area contributed by atoms with Crippen LogP contribution in [0.5, 0.6) is 0 Å². The standard InChI is InChI=1S/C15H18FN3O6/c1-8(6-12(20)24-2)17-13(21)14(22)18-9-4-5-10(16)11(7-9)19-15(23)25-3/h4-5,7-8H,6H2,1-3H3,(H,17,21)(H,18,22)(H,19,23)/t8-/m1/s1. The average Bonchev–Trinajstić information content (AvgIpc) is 2.57. The molecule has 0 bridgehead atoms. The van der Waals surface area contributed by atoms with Crippen molar-refractivity contribution in [1.29, 1.82) is 0 Å². The normalized spacial score (nSPS) is 11.0. The molecule has 25 heavy (non-hydrogen) atoms. The van der Waals surface area contributed by atoms with Crippen LogP contribution in [0.4, 0.5) is 20.6 Å². The van der Waals surface area contributed by atoms with E-state index in [0.717, 1.165) is 19.2 Å². The van der Waals surface area contributed by atoms with Crippen LogP contribution in [0.25, 0.3) is 0 Å². The molecule has 0 heterocycles. The molecule has 0 saturated heterocycles. The summed E-state index contributed by atoms with van der Waals surface area (Å²) in [6.45, 7) is 1.53. The Morgan fingerprint density at radius 3 is 2.36 bits per heavy atom. The number of esters is 1. The molecule has 0 fully saturated rings. The van der Waals surface area contributed by atoms with Gasteiger partial charge in [-0.1, -0.05) is 0 Å². The monoisotopic (exact) mass is 355 g/mol. The number of hydrogen-bond acceptors (Lipinski definition) is 6. The second kappa shape index (κ2) is 9.21. The summed E-state index contributed by atoms with van der Waals surface area (Å²) in [6, 6.07) is 2.71. The van der Waals surface area contributed by atoms with Gasteiger partial charge in [-0.3, -0.25) is 19.7 Å². The fourth-order valence-corrected chi connectivity index (χ4v) is 1.72. The van der Waals surface area contributed by atoms with E-state index in [1.807, 2.05) is 0 Å². The quantitative estimate of drug-likeness (QED) is 0.535. The first-order valence-electron chi connectivity index (χ1n) is 7.10. The van der Waals surface area contributed by atoms with Gasteiger partial charge >= 0.3 is 23.9 Å². The molecule has 0 unspecified atom stereocenters. The lowest BCUT2D eigenvalue weighted by Crippen LogP contribution is -2.41. The number of nitrogens with one attached hydrogen (secondary N) is 3. The van der Waals surface area contributed by atoms with Crippen LogP contribution in [0.15, 0.2) is 18.2 Å². The van der Waals surface area contributed by atoms with E-state index < -0.39 is 35.7 Å². The van der Waals surface area contributed by atoms with Crippen LogP contribution in [0.2, 0.25) is 0 Å². The Balaban J connectivity index is 2.70. The second-order valence-corrected chi connectivity index (χ2v) is 4.92. The smallest absolute Gasteiger partial charge is 0.411 e. The first kappa shape index (κ1) is 19.9.